The minimum Gasteiger partial charge on any atom is -0.457 e. The van der Waals surface area contributed by atoms with Gasteiger partial charge in [-0.25, -0.2) is 0 Å². The van der Waals surface area contributed by atoms with E-state index in [0.717, 1.165) is 24.2 Å². The quantitative estimate of drug-likeness (QED) is 0.235. The molecule has 0 spiro atoms. The van der Waals surface area contributed by atoms with Crippen molar-refractivity contribution < 1.29 is 9.21 Å². The number of fused-ring (bicyclic) bond motifs is 2. The Labute approximate surface area is 236 Å². The van der Waals surface area contributed by atoms with Crippen molar-refractivity contribution in [3.63, 3.8) is 0 Å². The van der Waals surface area contributed by atoms with Gasteiger partial charge in [0.25, 0.3) is 5.91 Å². The Morgan fingerprint density at radius 1 is 1.03 bits per heavy atom. The van der Waals surface area contributed by atoms with Crippen LogP contribution in [0.1, 0.15) is 45.8 Å². The average molecular weight is 565 g/mol. The predicted molar refractivity (Wildman–Crippen MR) is 158 cm³/mol. The number of amidine groups is 1. The maximum atomic E-state index is 13.6. The van der Waals surface area contributed by atoms with Crippen LogP contribution >= 0.6 is 35.0 Å². The van der Waals surface area contributed by atoms with E-state index < -0.39 is 0 Å². The molecular formula is C30H27Cl2N3O2S. The summed E-state index contributed by atoms with van der Waals surface area (Å²) in [6.07, 6.45) is 5.07. The fourth-order valence-electron chi connectivity index (χ4n) is 5.93. The van der Waals surface area contributed by atoms with E-state index in [2.05, 4.69) is 25.9 Å². The highest BCUT2D eigenvalue weighted by Crippen LogP contribution is 2.64. The van der Waals surface area contributed by atoms with E-state index in [0.29, 0.717) is 43.1 Å². The molecule has 2 atom stereocenters. The maximum absolute atomic E-state index is 13.6. The van der Waals surface area contributed by atoms with E-state index in [9.17, 15) is 4.79 Å². The van der Waals surface area contributed by atoms with Gasteiger partial charge in [-0.1, -0.05) is 68.2 Å². The van der Waals surface area contributed by atoms with Crippen LogP contribution in [0, 0.1) is 16.7 Å². The van der Waals surface area contributed by atoms with Gasteiger partial charge in [-0.05, 0) is 78.8 Å². The number of carbonyl (C=O) groups excluding carboxylic acids is 1. The van der Waals surface area contributed by atoms with Gasteiger partial charge in [0, 0.05) is 22.8 Å². The molecule has 3 fully saturated rings. The number of halogens is 2. The Hall–Kier alpha value is -2.80. The summed E-state index contributed by atoms with van der Waals surface area (Å²) in [5.74, 6) is 1.58. The Bertz CT molecular complexity index is 1530. The van der Waals surface area contributed by atoms with Crippen molar-refractivity contribution >= 4 is 63.5 Å². The molecule has 194 valence electrons. The van der Waals surface area contributed by atoms with Gasteiger partial charge in [0.1, 0.15) is 11.5 Å². The lowest BCUT2D eigenvalue weighted by atomic mass is 9.70. The van der Waals surface area contributed by atoms with Gasteiger partial charge in [0.15, 0.2) is 0 Å². The molecule has 1 saturated heterocycles. The van der Waals surface area contributed by atoms with Gasteiger partial charge in [0.05, 0.1) is 20.6 Å². The Kier molecular flexibility index (Phi) is 6.33. The standard InChI is InChI=1S/C30H27Cl2N3O2S/c1-29(2)18-14-15-30(29,3)25(16-18)33-34-28-35(19-8-5-4-6-9-19)27(36)24(38-28)17-20-12-13-23(37-20)21-10-7-11-22(31)26(21)32/h4-13,17-18H,14-16H2,1-3H3. The first-order valence-corrected chi connectivity index (χ1v) is 14.2. The molecule has 1 aliphatic heterocycles. The lowest BCUT2D eigenvalue weighted by molar-refractivity contribution is -0.113. The van der Waals surface area contributed by atoms with Crippen molar-refractivity contribution in [2.75, 3.05) is 4.90 Å². The molecule has 3 aromatic rings. The number of hydrogen-bond donors (Lipinski definition) is 0. The van der Waals surface area contributed by atoms with Crippen LogP contribution in [0.4, 0.5) is 5.69 Å². The lowest BCUT2D eigenvalue weighted by Gasteiger charge is -2.34. The van der Waals surface area contributed by atoms with Gasteiger partial charge < -0.3 is 4.42 Å². The van der Waals surface area contributed by atoms with Gasteiger partial charge in [-0.2, -0.15) is 5.10 Å². The normalized spacial score (nSPS) is 27.4. The first-order chi connectivity index (χ1) is 18.2. The van der Waals surface area contributed by atoms with Crippen molar-refractivity contribution in [3.05, 3.63) is 81.4 Å². The van der Waals surface area contributed by atoms with Crippen LogP contribution in [0.2, 0.25) is 10.0 Å². The zero-order valence-corrected chi connectivity index (χ0v) is 23.7. The zero-order valence-electron chi connectivity index (χ0n) is 21.4. The number of amides is 1. The summed E-state index contributed by atoms with van der Waals surface area (Å²) in [6.45, 7) is 7.01. The highest BCUT2D eigenvalue weighted by atomic mass is 35.5. The predicted octanol–water partition coefficient (Wildman–Crippen LogP) is 8.93. The molecule has 2 aromatic carbocycles. The van der Waals surface area contributed by atoms with Crippen LogP contribution in [-0.2, 0) is 4.79 Å². The Balaban J connectivity index is 1.35. The minimum atomic E-state index is -0.168. The third kappa shape index (κ3) is 4.05. The number of anilines is 1. The molecule has 2 unspecified atom stereocenters. The van der Waals surface area contributed by atoms with Crippen molar-refractivity contribution in [2.45, 2.75) is 40.0 Å². The van der Waals surface area contributed by atoms with Crippen LogP contribution in [0.15, 0.2) is 80.2 Å². The van der Waals surface area contributed by atoms with Crippen molar-refractivity contribution in [2.24, 2.45) is 27.0 Å². The Morgan fingerprint density at radius 2 is 1.82 bits per heavy atom. The van der Waals surface area contributed by atoms with Crippen molar-refractivity contribution in [1.29, 1.82) is 0 Å². The Morgan fingerprint density at radius 3 is 2.53 bits per heavy atom. The third-order valence-electron chi connectivity index (χ3n) is 8.71. The highest BCUT2D eigenvalue weighted by molar-refractivity contribution is 8.19. The van der Waals surface area contributed by atoms with E-state index in [-0.39, 0.29) is 16.7 Å². The van der Waals surface area contributed by atoms with Crippen LogP contribution < -0.4 is 4.90 Å². The van der Waals surface area contributed by atoms with E-state index in [1.54, 1.807) is 17.0 Å². The molecule has 2 bridgehead atoms. The van der Waals surface area contributed by atoms with Gasteiger partial charge in [-0.3, -0.25) is 9.69 Å². The molecule has 1 aromatic heterocycles. The molecule has 8 heteroatoms. The SMILES string of the molecule is CC12CCC(CC1=NN=C1SC(=Cc3ccc(-c4cccc(Cl)c4Cl)o3)C(=O)N1c1ccccc1)C2(C)C. The molecule has 0 radical (unpaired) electrons. The molecule has 38 heavy (non-hydrogen) atoms. The third-order valence-corrected chi connectivity index (χ3v) is 10.5. The molecular weight excluding hydrogens is 537 g/mol. The second-order valence-electron chi connectivity index (χ2n) is 10.8. The molecule has 3 aliphatic rings. The molecule has 6 rings (SSSR count). The highest BCUT2D eigenvalue weighted by Gasteiger charge is 2.60. The van der Waals surface area contributed by atoms with Crippen LogP contribution in [0.3, 0.4) is 0 Å². The molecule has 2 heterocycles. The van der Waals surface area contributed by atoms with E-state index >= 15 is 0 Å². The summed E-state index contributed by atoms with van der Waals surface area (Å²) in [4.78, 5) is 15.7. The number of carbonyl (C=O) groups is 1. The van der Waals surface area contributed by atoms with Crippen LogP contribution in [-0.4, -0.2) is 16.8 Å². The van der Waals surface area contributed by atoms with Gasteiger partial charge in [0.2, 0.25) is 5.17 Å². The fourth-order valence-corrected chi connectivity index (χ4v) is 7.23. The summed E-state index contributed by atoms with van der Waals surface area (Å²) in [5.41, 5.74) is 2.83. The van der Waals surface area contributed by atoms with Crippen LogP contribution in [0.25, 0.3) is 17.4 Å². The maximum Gasteiger partial charge on any atom is 0.271 e. The number of furan rings is 1. The molecule has 0 N–H and O–H groups in total. The van der Waals surface area contributed by atoms with Crippen molar-refractivity contribution in [1.82, 2.24) is 0 Å². The topological polar surface area (TPSA) is 58.2 Å². The summed E-state index contributed by atoms with van der Waals surface area (Å²) in [6, 6.07) is 18.6. The van der Waals surface area contributed by atoms with Crippen LogP contribution in [0.5, 0.6) is 0 Å². The number of nitrogens with zero attached hydrogens (tertiary/aromatic N) is 3. The summed E-state index contributed by atoms with van der Waals surface area (Å²) in [7, 11) is 0. The minimum absolute atomic E-state index is 0.0391. The number of para-hydroxylation sites is 1. The van der Waals surface area contributed by atoms with E-state index in [4.69, 9.17) is 32.7 Å². The molecule has 5 nitrogen and oxygen atoms in total. The first kappa shape index (κ1) is 25.5. The fraction of sp³-hybridized carbons (Fsp3) is 0.300. The summed E-state index contributed by atoms with van der Waals surface area (Å²) >= 11 is 13.9. The van der Waals surface area contributed by atoms with E-state index in [1.165, 1.54) is 18.2 Å². The van der Waals surface area contributed by atoms with Gasteiger partial charge in [-0.15, -0.1) is 5.10 Å². The lowest BCUT2D eigenvalue weighted by Crippen LogP contribution is -2.32. The monoisotopic (exact) mass is 563 g/mol. The number of benzene rings is 2. The summed E-state index contributed by atoms with van der Waals surface area (Å²) in [5, 5.41) is 10.9. The van der Waals surface area contributed by atoms with Crippen molar-refractivity contribution in [3.8, 4) is 11.3 Å². The number of rotatable bonds is 4. The second kappa shape index (κ2) is 9.44. The number of hydrogen-bond acceptors (Lipinski definition) is 5. The number of thioether (sulfide) groups is 1. The second-order valence-corrected chi connectivity index (χ2v) is 12.6. The zero-order chi connectivity index (χ0) is 26.7. The average Bonchev–Trinajstić information content (AvgIpc) is 3.59. The first-order valence-electron chi connectivity index (χ1n) is 12.7. The molecule has 1 amide bonds. The summed E-state index contributed by atoms with van der Waals surface area (Å²) < 4.78 is 6.03. The van der Waals surface area contributed by atoms with Gasteiger partial charge >= 0.3 is 0 Å². The smallest absolute Gasteiger partial charge is 0.271 e. The molecule has 2 saturated carbocycles. The largest absolute Gasteiger partial charge is 0.457 e. The molecule has 2 aliphatic carbocycles. The van der Waals surface area contributed by atoms with E-state index in [1.807, 2.05) is 54.6 Å².